The van der Waals surface area contributed by atoms with Gasteiger partial charge >= 0.3 is 0 Å². The summed E-state index contributed by atoms with van der Waals surface area (Å²) in [5.41, 5.74) is 6.79. The summed E-state index contributed by atoms with van der Waals surface area (Å²) in [5, 5.41) is 0. The van der Waals surface area contributed by atoms with E-state index in [0.29, 0.717) is 24.1 Å². The molecular weight excluding hydrogens is 254 g/mol. The lowest BCUT2D eigenvalue weighted by Gasteiger charge is -2.10. The maximum atomic E-state index is 5.76. The lowest BCUT2D eigenvalue weighted by Crippen LogP contribution is -2.05. The predicted molar refractivity (Wildman–Crippen MR) is 77.9 cm³/mol. The van der Waals surface area contributed by atoms with Gasteiger partial charge in [-0.25, -0.2) is 4.98 Å². The van der Waals surface area contributed by atoms with Gasteiger partial charge < -0.3 is 15.2 Å². The van der Waals surface area contributed by atoms with Gasteiger partial charge in [0.15, 0.2) is 0 Å². The molecule has 5 nitrogen and oxygen atoms in total. The van der Waals surface area contributed by atoms with Gasteiger partial charge in [0.05, 0.1) is 7.11 Å². The van der Waals surface area contributed by atoms with E-state index in [4.69, 9.17) is 15.2 Å². The average molecular weight is 273 g/mol. The molecule has 0 bridgehead atoms. The molecular formula is C15H19N3O2. The van der Waals surface area contributed by atoms with E-state index in [-0.39, 0.29) is 5.92 Å². The highest BCUT2D eigenvalue weighted by Gasteiger charge is 2.07. The fourth-order valence-corrected chi connectivity index (χ4v) is 1.67. The molecule has 0 unspecified atom stereocenters. The zero-order valence-corrected chi connectivity index (χ0v) is 12.0. The number of methoxy groups -OCH3 is 1. The average Bonchev–Trinajstić information content (AvgIpc) is 2.45. The maximum absolute atomic E-state index is 5.76. The van der Waals surface area contributed by atoms with Crippen molar-refractivity contribution in [1.82, 2.24) is 9.97 Å². The Labute approximate surface area is 118 Å². The Hall–Kier alpha value is -2.30. The Morgan fingerprint density at radius 1 is 1.15 bits per heavy atom. The van der Waals surface area contributed by atoms with Crippen LogP contribution >= 0.6 is 0 Å². The number of aromatic nitrogens is 2. The van der Waals surface area contributed by atoms with Crippen molar-refractivity contribution >= 4 is 5.82 Å². The summed E-state index contributed by atoms with van der Waals surface area (Å²) in [6.07, 6.45) is 0. The lowest BCUT2D eigenvalue weighted by molar-refractivity contribution is 0.292. The monoisotopic (exact) mass is 273 g/mol. The first-order chi connectivity index (χ1) is 9.58. The third-order valence-electron chi connectivity index (χ3n) is 2.80. The van der Waals surface area contributed by atoms with E-state index in [9.17, 15) is 0 Å². The molecule has 0 amide bonds. The number of nitrogens with zero attached hydrogens (tertiary/aromatic N) is 2. The third kappa shape index (κ3) is 3.60. The first-order valence-electron chi connectivity index (χ1n) is 6.48. The number of ether oxygens (including phenoxy) is 2. The van der Waals surface area contributed by atoms with Gasteiger partial charge in [-0.05, 0) is 17.7 Å². The van der Waals surface area contributed by atoms with Gasteiger partial charge in [-0.15, -0.1) is 0 Å². The van der Waals surface area contributed by atoms with Crippen LogP contribution in [0.3, 0.4) is 0 Å². The van der Waals surface area contributed by atoms with Crippen LogP contribution in [-0.2, 0) is 6.61 Å². The summed E-state index contributed by atoms with van der Waals surface area (Å²) >= 11 is 0. The van der Waals surface area contributed by atoms with Crippen LogP contribution in [0.5, 0.6) is 11.6 Å². The lowest BCUT2D eigenvalue weighted by atomic mass is 10.2. The molecule has 1 aromatic carbocycles. The van der Waals surface area contributed by atoms with E-state index in [1.807, 2.05) is 38.1 Å². The summed E-state index contributed by atoms with van der Waals surface area (Å²) in [5.74, 6) is 2.64. The minimum Gasteiger partial charge on any atom is -0.497 e. The van der Waals surface area contributed by atoms with E-state index in [2.05, 4.69) is 9.97 Å². The number of nitrogen functional groups attached to an aromatic ring is 1. The SMILES string of the molecule is COc1ccc(COc2cc(N)nc(C(C)C)n2)cc1. The molecule has 20 heavy (non-hydrogen) atoms. The first kappa shape index (κ1) is 14.1. The molecule has 2 aromatic rings. The van der Waals surface area contributed by atoms with Crippen LogP contribution in [0.4, 0.5) is 5.82 Å². The molecule has 0 atom stereocenters. The van der Waals surface area contributed by atoms with Crippen molar-refractivity contribution in [1.29, 1.82) is 0 Å². The van der Waals surface area contributed by atoms with Gasteiger partial charge in [-0.3, -0.25) is 0 Å². The molecule has 0 aliphatic heterocycles. The standard InChI is InChI=1S/C15H19N3O2/c1-10(2)15-17-13(16)8-14(18-15)20-9-11-4-6-12(19-3)7-5-11/h4-8,10H,9H2,1-3H3,(H2,16,17,18). The van der Waals surface area contributed by atoms with Gasteiger partial charge in [-0.2, -0.15) is 4.98 Å². The van der Waals surface area contributed by atoms with E-state index >= 15 is 0 Å². The fourth-order valence-electron chi connectivity index (χ4n) is 1.67. The molecule has 5 heteroatoms. The van der Waals surface area contributed by atoms with Gasteiger partial charge in [0, 0.05) is 12.0 Å². The quantitative estimate of drug-likeness (QED) is 0.907. The van der Waals surface area contributed by atoms with Crippen LogP contribution in [0.25, 0.3) is 0 Å². The topological polar surface area (TPSA) is 70.3 Å². The van der Waals surface area contributed by atoms with Crippen molar-refractivity contribution in [3.63, 3.8) is 0 Å². The van der Waals surface area contributed by atoms with Crippen LogP contribution in [0, 0.1) is 0 Å². The van der Waals surface area contributed by atoms with E-state index in [1.165, 1.54) is 0 Å². The number of nitrogens with two attached hydrogens (primary N) is 1. The number of benzene rings is 1. The molecule has 0 fully saturated rings. The van der Waals surface area contributed by atoms with Crippen LogP contribution in [0.2, 0.25) is 0 Å². The third-order valence-corrected chi connectivity index (χ3v) is 2.80. The minimum atomic E-state index is 0.210. The van der Waals surface area contributed by atoms with Gasteiger partial charge in [0.2, 0.25) is 5.88 Å². The van der Waals surface area contributed by atoms with Gasteiger partial charge in [0.25, 0.3) is 0 Å². The molecule has 0 aliphatic rings. The number of hydrogen-bond donors (Lipinski definition) is 1. The zero-order valence-electron chi connectivity index (χ0n) is 12.0. The fraction of sp³-hybridized carbons (Fsp3) is 0.333. The smallest absolute Gasteiger partial charge is 0.219 e. The minimum absolute atomic E-state index is 0.210. The second-order valence-electron chi connectivity index (χ2n) is 4.78. The Morgan fingerprint density at radius 2 is 1.85 bits per heavy atom. The number of anilines is 1. The second-order valence-corrected chi connectivity index (χ2v) is 4.78. The molecule has 1 heterocycles. The summed E-state index contributed by atoms with van der Waals surface area (Å²) in [7, 11) is 1.64. The summed E-state index contributed by atoms with van der Waals surface area (Å²) in [6, 6.07) is 9.33. The van der Waals surface area contributed by atoms with Crippen molar-refractivity contribution < 1.29 is 9.47 Å². The largest absolute Gasteiger partial charge is 0.497 e. The van der Waals surface area contributed by atoms with Crippen molar-refractivity contribution in [2.75, 3.05) is 12.8 Å². The van der Waals surface area contributed by atoms with Crippen molar-refractivity contribution in [3.8, 4) is 11.6 Å². The molecule has 0 aliphatic carbocycles. The molecule has 106 valence electrons. The van der Waals surface area contributed by atoms with E-state index in [1.54, 1.807) is 13.2 Å². The first-order valence-corrected chi connectivity index (χ1v) is 6.48. The Kier molecular flexibility index (Phi) is 4.40. The molecule has 0 radical (unpaired) electrons. The summed E-state index contributed by atoms with van der Waals surface area (Å²) in [6.45, 7) is 4.46. The zero-order chi connectivity index (χ0) is 14.5. The highest BCUT2D eigenvalue weighted by atomic mass is 16.5. The molecule has 0 spiro atoms. The molecule has 0 saturated heterocycles. The molecule has 1 aromatic heterocycles. The van der Waals surface area contributed by atoms with Crippen LogP contribution in [-0.4, -0.2) is 17.1 Å². The van der Waals surface area contributed by atoms with Crippen LogP contribution in [0.1, 0.15) is 31.2 Å². The van der Waals surface area contributed by atoms with Gasteiger partial charge in [-0.1, -0.05) is 26.0 Å². The Morgan fingerprint density at radius 3 is 2.45 bits per heavy atom. The van der Waals surface area contributed by atoms with E-state index in [0.717, 1.165) is 11.3 Å². The Balaban J connectivity index is 2.06. The van der Waals surface area contributed by atoms with Crippen molar-refractivity contribution in [2.24, 2.45) is 0 Å². The van der Waals surface area contributed by atoms with E-state index < -0.39 is 0 Å². The molecule has 2 N–H and O–H groups in total. The van der Waals surface area contributed by atoms with Crippen LogP contribution in [0.15, 0.2) is 30.3 Å². The van der Waals surface area contributed by atoms with Crippen molar-refractivity contribution in [2.45, 2.75) is 26.4 Å². The summed E-state index contributed by atoms with van der Waals surface area (Å²) < 4.78 is 10.8. The predicted octanol–water partition coefficient (Wildman–Crippen LogP) is 2.77. The highest BCUT2D eigenvalue weighted by molar-refractivity contribution is 5.33. The number of rotatable bonds is 5. The Bertz CT molecular complexity index is 568. The maximum Gasteiger partial charge on any atom is 0.219 e. The van der Waals surface area contributed by atoms with Crippen molar-refractivity contribution in [3.05, 3.63) is 41.7 Å². The van der Waals surface area contributed by atoms with Crippen LogP contribution < -0.4 is 15.2 Å². The second kappa shape index (κ2) is 6.23. The highest BCUT2D eigenvalue weighted by Crippen LogP contribution is 2.18. The van der Waals surface area contributed by atoms with Gasteiger partial charge in [0.1, 0.15) is 24.0 Å². The molecule has 2 rings (SSSR count). The molecule has 0 saturated carbocycles. The number of hydrogen-bond acceptors (Lipinski definition) is 5. The summed E-state index contributed by atoms with van der Waals surface area (Å²) in [4.78, 5) is 8.53. The normalized spacial score (nSPS) is 10.6.